The number of carbonyl (C=O) groups excluding carboxylic acids is 1. The molecule has 5 nitrogen and oxygen atoms in total. The number of carbonyl (C=O) groups is 1. The van der Waals surface area contributed by atoms with Crippen LogP contribution in [0, 0.1) is 0 Å². The van der Waals surface area contributed by atoms with E-state index >= 15 is 0 Å². The highest BCUT2D eigenvalue weighted by Crippen LogP contribution is 2.38. The van der Waals surface area contributed by atoms with E-state index < -0.39 is 24.3 Å². The molecule has 0 aromatic heterocycles. The van der Waals surface area contributed by atoms with Crippen LogP contribution in [0.4, 0.5) is 18.9 Å². The number of amides is 1. The minimum atomic E-state index is -4.54. The van der Waals surface area contributed by atoms with E-state index in [2.05, 4.69) is 17.9 Å². The van der Waals surface area contributed by atoms with Gasteiger partial charge in [0.2, 0.25) is 0 Å². The number of aliphatic hydroxyl groups excluding tert-OH is 1. The summed E-state index contributed by atoms with van der Waals surface area (Å²) < 4.78 is 50.8. The lowest BCUT2D eigenvalue weighted by molar-refractivity contribution is -0.137. The molecular weight excluding hydrogens is 455 g/mol. The van der Waals surface area contributed by atoms with E-state index in [9.17, 15) is 23.1 Å². The van der Waals surface area contributed by atoms with Crippen LogP contribution in [0.5, 0.6) is 5.75 Å². The van der Waals surface area contributed by atoms with Crippen LogP contribution in [-0.4, -0.2) is 31.3 Å². The Hall–Kier alpha value is -3.01. The van der Waals surface area contributed by atoms with Crippen LogP contribution in [0.1, 0.15) is 21.5 Å². The van der Waals surface area contributed by atoms with E-state index in [-0.39, 0.29) is 23.3 Å². The zero-order valence-electron chi connectivity index (χ0n) is 17.6. The zero-order valence-corrected chi connectivity index (χ0v) is 18.5. The van der Waals surface area contributed by atoms with Crippen molar-refractivity contribution in [1.29, 1.82) is 0 Å². The van der Waals surface area contributed by atoms with Crippen LogP contribution >= 0.6 is 12.6 Å². The van der Waals surface area contributed by atoms with Crippen LogP contribution in [0.3, 0.4) is 0 Å². The number of alkyl halides is 3. The number of methoxy groups -OCH3 is 1. The third-order valence-electron chi connectivity index (χ3n) is 4.82. The average molecular weight is 478 g/mol. The third-order valence-corrected chi connectivity index (χ3v) is 5.19. The van der Waals surface area contributed by atoms with Crippen LogP contribution in [0.15, 0.2) is 65.6 Å². The number of benzene rings is 3. The van der Waals surface area contributed by atoms with E-state index in [1.807, 2.05) is 0 Å². The molecule has 0 aliphatic heterocycles. The molecule has 174 valence electrons. The van der Waals surface area contributed by atoms with Crippen molar-refractivity contribution in [2.45, 2.75) is 17.7 Å². The Bertz CT molecular complexity index is 1130. The van der Waals surface area contributed by atoms with E-state index in [4.69, 9.17) is 9.47 Å². The standard InChI is InChI=1S/C24H22F3NO4S/c1-31-10-11-32-21-13-15(6-9-22(21)33)23(30)28-17-7-8-18(16(12-17)14-29)19-4-2-3-5-20(19)24(25,26)27/h2-9,12-13,29,33H,10-11,14H2,1H3,(H,28,30). The van der Waals surface area contributed by atoms with Gasteiger partial charge in [0.25, 0.3) is 5.91 Å². The molecule has 0 saturated heterocycles. The van der Waals surface area contributed by atoms with Gasteiger partial charge in [-0.3, -0.25) is 4.79 Å². The third kappa shape index (κ3) is 6.07. The molecule has 0 bridgehead atoms. The maximum absolute atomic E-state index is 13.4. The van der Waals surface area contributed by atoms with Crippen molar-refractivity contribution in [3.63, 3.8) is 0 Å². The van der Waals surface area contributed by atoms with Gasteiger partial charge >= 0.3 is 6.18 Å². The fourth-order valence-corrected chi connectivity index (χ4v) is 3.44. The summed E-state index contributed by atoms with van der Waals surface area (Å²) in [7, 11) is 1.54. The molecule has 0 spiro atoms. The second-order valence-corrected chi connectivity index (χ2v) is 7.53. The van der Waals surface area contributed by atoms with Gasteiger partial charge in [-0.1, -0.05) is 24.3 Å². The largest absolute Gasteiger partial charge is 0.490 e. The highest BCUT2D eigenvalue weighted by molar-refractivity contribution is 7.80. The molecule has 1 amide bonds. The summed E-state index contributed by atoms with van der Waals surface area (Å²) in [6.45, 7) is 0.157. The topological polar surface area (TPSA) is 67.8 Å². The smallest absolute Gasteiger partial charge is 0.417 e. The van der Waals surface area contributed by atoms with Gasteiger partial charge in [-0.15, -0.1) is 12.6 Å². The summed E-state index contributed by atoms with van der Waals surface area (Å²) in [6, 6.07) is 14.3. The molecule has 0 unspecified atom stereocenters. The lowest BCUT2D eigenvalue weighted by Gasteiger charge is -2.16. The maximum atomic E-state index is 13.4. The SMILES string of the molecule is COCCOc1cc(C(=O)Nc2ccc(-c3ccccc3C(F)(F)F)c(CO)c2)ccc1S. The van der Waals surface area contributed by atoms with Crippen molar-refractivity contribution in [1.82, 2.24) is 0 Å². The Balaban J connectivity index is 1.86. The van der Waals surface area contributed by atoms with Crippen molar-refractivity contribution in [2.24, 2.45) is 0 Å². The quantitative estimate of drug-likeness (QED) is 0.299. The number of anilines is 1. The molecule has 0 fully saturated rings. The second kappa shape index (κ2) is 10.7. The van der Waals surface area contributed by atoms with Crippen molar-refractivity contribution < 1.29 is 32.5 Å². The summed E-state index contributed by atoms with van der Waals surface area (Å²) >= 11 is 4.31. The summed E-state index contributed by atoms with van der Waals surface area (Å²) in [4.78, 5) is 13.3. The molecule has 0 radical (unpaired) electrons. The predicted molar refractivity (Wildman–Crippen MR) is 122 cm³/mol. The monoisotopic (exact) mass is 477 g/mol. The first kappa shape index (κ1) is 24.6. The van der Waals surface area contributed by atoms with Crippen LogP contribution in [-0.2, 0) is 17.5 Å². The number of rotatable bonds is 8. The van der Waals surface area contributed by atoms with Gasteiger partial charge in [0.05, 0.1) is 18.8 Å². The lowest BCUT2D eigenvalue weighted by atomic mass is 9.95. The molecule has 3 aromatic rings. The number of hydrogen-bond donors (Lipinski definition) is 3. The van der Waals surface area contributed by atoms with Gasteiger partial charge in [-0.05, 0) is 53.1 Å². The molecule has 3 rings (SSSR count). The van der Waals surface area contributed by atoms with Crippen molar-refractivity contribution >= 4 is 24.2 Å². The normalized spacial score (nSPS) is 11.3. The Morgan fingerprint density at radius 1 is 1.03 bits per heavy atom. The molecule has 0 saturated carbocycles. The average Bonchev–Trinajstić information content (AvgIpc) is 2.79. The Kier molecular flexibility index (Phi) is 8.01. The Morgan fingerprint density at radius 3 is 2.48 bits per heavy atom. The number of ether oxygens (including phenoxy) is 2. The van der Waals surface area contributed by atoms with Crippen LogP contribution in [0.25, 0.3) is 11.1 Å². The summed E-state index contributed by atoms with van der Waals surface area (Å²) in [5.74, 6) is -0.0366. The van der Waals surface area contributed by atoms with Gasteiger partial charge in [0.1, 0.15) is 12.4 Å². The van der Waals surface area contributed by atoms with Gasteiger partial charge < -0.3 is 19.9 Å². The summed E-state index contributed by atoms with van der Waals surface area (Å²) in [5, 5.41) is 12.5. The number of aliphatic hydroxyl groups is 1. The zero-order chi connectivity index (χ0) is 24.0. The van der Waals surface area contributed by atoms with Gasteiger partial charge in [-0.25, -0.2) is 0 Å². The number of nitrogens with one attached hydrogen (secondary N) is 1. The number of thiol groups is 1. The Morgan fingerprint density at radius 2 is 1.79 bits per heavy atom. The van der Waals surface area contributed by atoms with E-state index in [0.29, 0.717) is 28.5 Å². The van der Waals surface area contributed by atoms with E-state index in [0.717, 1.165) is 6.07 Å². The molecule has 0 atom stereocenters. The maximum Gasteiger partial charge on any atom is 0.417 e. The molecule has 3 aromatic carbocycles. The first-order valence-electron chi connectivity index (χ1n) is 9.91. The summed E-state index contributed by atoms with van der Waals surface area (Å²) in [6.07, 6.45) is -4.54. The summed E-state index contributed by atoms with van der Waals surface area (Å²) in [5.41, 5.74) is 0.264. The predicted octanol–water partition coefficient (Wildman–Crippen LogP) is 5.43. The van der Waals surface area contributed by atoms with E-state index in [1.165, 1.54) is 42.5 Å². The molecule has 0 aliphatic rings. The molecule has 33 heavy (non-hydrogen) atoms. The first-order chi connectivity index (χ1) is 15.7. The molecule has 9 heteroatoms. The van der Waals surface area contributed by atoms with Crippen molar-refractivity contribution in [3.05, 3.63) is 77.4 Å². The molecule has 2 N–H and O–H groups in total. The van der Waals surface area contributed by atoms with Gasteiger partial charge in [0, 0.05) is 23.3 Å². The highest BCUT2D eigenvalue weighted by Gasteiger charge is 2.33. The fourth-order valence-electron chi connectivity index (χ4n) is 3.24. The van der Waals surface area contributed by atoms with E-state index in [1.54, 1.807) is 19.2 Å². The molecule has 0 heterocycles. The molecule has 0 aliphatic carbocycles. The minimum absolute atomic E-state index is 0.0471. The first-order valence-corrected chi connectivity index (χ1v) is 10.4. The molecular formula is C24H22F3NO4S. The lowest BCUT2D eigenvalue weighted by Crippen LogP contribution is -2.13. The van der Waals surface area contributed by atoms with Gasteiger partial charge in [0.15, 0.2) is 0 Å². The number of halogens is 3. The van der Waals surface area contributed by atoms with Gasteiger partial charge in [-0.2, -0.15) is 13.2 Å². The fraction of sp³-hybridized carbons (Fsp3) is 0.208. The second-order valence-electron chi connectivity index (χ2n) is 7.05. The Labute approximate surface area is 194 Å². The minimum Gasteiger partial charge on any atom is -0.490 e. The van der Waals surface area contributed by atoms with Crippen LogP contribution < -0.4 is 10.1 Å². The number of hydrogen-bond acceptors (Lipinski definition) is 5. The highest BCUT2D eigenvalue weighted by atomic mass is 32.1. The van der Waals surface area contributed by atoms with Crippen molar-refractivity contribution in [2.75, 3.05) is 25.6 Å². The van der Waals surface area contributed by atoms with Crippen molar-refractivity contribution in [3.8, 4) is 16.9 Å². The van der Waals surface area contributed by atoms with Crippen LogP contribution in [0.2, 0.25) is 0 Å².